The van der Waals surface area contributed by atoms with Gasteiger partial charge in [0.1, 0.15) is 0 Å². The van der Waals surface area contributed by atoms with Gasteiger partial charge in [-0.2, -0.15) is 5.10 Å². The summed E-state index contributed by atoms with van der Waals surface area (Å²) in [6.07, 6.45) is 2.94. The molecule has 110 valence electrons. The summed E-state index contributed by atoms with van der Waals surface area (Å²) < 4.78 is 0. The molecule has 2 fully saturated rings. The number of aliphatic hydroxyl groups is 1. The maximum absolute atomic E-state index is 11.7. The van der Waals surface area contributed by atoms with E-state index in [9.17, 15) is 9.90 Å². The minimum Gasteiger partial charge on any atom is -0.385 e. The lowest BCUT2D eigenvalue weighted by molar-refractivity contribution is -0.123. The van der Waals surface area contributed by atoms with Crippen LogP contribution in [0.5, 0.6) is 0 Å². The highest BCUT2D eigenvalue weighted by Gasteiger charge is 2.64. The van der Waals surface area contributed by atoms with Crippen LogP contribution in [-0.4, -0.2) is 28.3 Å². The summed E-state index contributed by atoms with van der Waals surface area (Å²) in [5, 5.41) is 22.2. The molecular formula is C15H16ClN3O2. The van der Waals surface area contributed by atoms with Gasteiger partial charge in [0.2, 0.25) is 5.91 Å². The molecule has 4 rings (SSSR count). The Balaban J connectivity index is 1.68. The first kappa shape index (κ1) is 13.1. The molecule has 2 aliphatic rings. The number of carbonyl (C=O) groups excluding carboxylic acids is 1. The van der Waals surface area contributed by atoms with Gasteiger partial charge in [-0.05, 0) is 42.4 Å². The van der Waals surface area contributed by atoms with E-state index in [4.69, 9.17) is 11.6 Å². The highest BCUT2D eigenvalue weighted by molar-refractivity contribution is 6.31. The normalized spacial score (nSPS) is 34.0. The monoisotopic (exact) mass is 305 g/mol. The molecular weight excluding hydrogens is 290 g/mol. The molecule has 1 aromatic carbocycles. The van der Waals surface area contributed by atoms with E-state index in [1.165, 1.54) is 0 Å². The standard InChI is InChI=1S/C15H16ClN3O2/c1-17-14(20)13-8-4-15(21,5-9(8)13)11-2-7(16)3-12-10(11)6-18-19-12/h2-3,6,8-9,13,21H,4-5H2,1H3,(H,17,20)(H,18,19)/t8-,9+,13+,15-. The zero-order valence-corrected chi connectivity index (χ0v) is 12.3. The smallest absolute Gasteiger partial charge is 0.223 e. The summed E-state index contributed by atoms with van der Waals surface area (Å²) in [5.41, 5.74) is 0.739. The number of hydrogen-bond donors (Lipinski definition) is 3. The van der Waals surface area contributed by atoms with Gasteiger partial charge in [0, 0.05) is 23.4 Å². The average Bonchev–Trinajstić information content (AvgIpc) is 2.82. The van der Waals surface area contributed by atoms with Crippen LogP contribution in [0.15, 0.2) is 18.3 Å². The quantitative estimate of drug-likeness (QED) is 0.792. The molecule has 2 aliphatic carbocycles. The van der Waals surface area contributed by atoms with Crippen LogP contribution >= 0.6 is 11.6 Å². The Bertz CT molecular complexity index is 730. The summed E-state index contributed by atoms with van der Waals surface area (Å²) in [6.45, 7) is 0. The Morgan fingerprint density at radius 2 is 2.19 bits per heavy atom. The Morgan fingerprint density at radius 1 is 1.48 bits per heavy atom. The molecule has 0 aliphatic heterocycles. The number of aromatic nitrogens is 2. The second-order valence-corrected chi connectivity index (χ2v) is 6.63. The van der Waals surface area contributed by atoms with Crippen LogP contribution < -0.4 is 5.32 Å². The number of nitrogens with one attached hydrogen (secondary N) is 2. The van der Waals surface area contributed by atoms with Crippen molar-refractivity contribution in [2.24, 2.45) is 17.8 Å². The number of nitrogens with zero attached hydrogens (tertiary/aromatic N) is 1. The Labute approximate surface area is 126 Å². The van der Waals surface area contributed by atoms with E-state index in [0.29, 0.717) is 17.9 Å². The van der Waals surface area contributed by atoms with Gasteiger partial charge < -0.3 is 10.4 Å². The van der Waals surface area contributed by atoms with E-state index in [-0.39, 0.29) is 23.7 Å². The highest BCUT2D eigenvalue weighted by atomic mass is 35.5. The minimum absolute atomic E-state index is 0.0642. The third kappa shape index (κ3) is 1.80. The molecule has 2 saturated carbocycles. The van der Waals surface area contributed by atoms with Crippen LogP contribution in [0, 0.1) is 17.8 Å². The van der Waals surface area contributed by atoms with E-state index < -0.39 is 5.60 Å². The minimum atomic E-state index is -0.910. The molecule has 1 amide bonds. The van der Waals surface area contributed by atoms with Crippen molar-refractivity contribution in [3.8, 4) is 0 Å². The van der Waals surface area contributed by atoms with Gasteiger partial charge in [-0.3, -0.25) is 9.89 Å². The van der Waals surface area contributed by atoms with Crippen molar-refractivity contribution in [3.63, 3.8) is 0 Å². The van der Waals surface area contributed by atoms with Crippen molar-refractivity contribution >= 4 is 28.4 Å². The molecule has 0 unspecified atom stereocenters. The Hall–Kier alpha value is -1.59. The third-order valence-corrected chi connectivity index (χ3v) is 5.27. The molecule has 3 N–H and O–H groups in total. The topological polar surface area (TPSA) is 78.0 Å². The number of benzene rings is 1. The number of H-pyrrole nitrogens is 1. The van der Waals surface area contributed by atoms with E-state index in [0.717, 1.165) is 16.5 Å². The van der Waals surface area contributed by atoms with Crippen molar-refractivity contribution in [1.29, 1.82) is 0 Å². The van der Waals surface area contributed by atoms with E-state index >= 15 is 0 Å². The van der Waals surface area contributed by atoms with E-state index in [1.807, 2.05) is 6.07 Å². The van der Waals surface area contributed by atoms with Gasteiger partial charge in [-0.25, -0.2) is 0 Å². The van der Waals surface area contributed by atoms with Gasteiger partial charge in [0.25, 0.3) is 0 Å². The van der Waals surface area contributed by atoms with Gasteiger partial charge in [-0.1, -0.05) is 11.6 Å². The third-order valence-electron chi connectivity index (χ3n) is 5.05. The van der Waals surface area contributed by atoms with Gasteiger partial charge in [0.15, 0.2) is 0 Å². The molecule has 0 bridgehead atoms. The van der Waals surface area contributed by atoms with Crippen molar-refractivity contribution in [1.82, 2.24) is 15.5 Å². The molecule has 4 atom stereocenters. The van der Waals surface area contributed by atoms with Gasteiger partial charge in [0.05, 0.1) is 17.3 Å². The predicted octanol–water partition coefficient (Wildman–Crippen LogP) is 1.81. The molecule has 1 heterocycles. The molecule has 2 aromatic rings. The van der Waals surface area contributed by atoms with Crippen LogP contribution in [0.2, 0.25) is 5.02 Å². The fourth-order valence-electron chi connectivity index (χ4n) is 4.04. The van der Waals surface area contributed by atoms with Crippen molar-refractivity contribution in [2.45, 2.75) is 18.4 Å². The number of hydrogen-bond acceptors (Lipinski definition) is 3. The molecule has 0 spiro atoms. The fraction of sp³-hybridized carbons (Fsp3) is 0.467. The lowest BCUT2D eigenvalue weighted by atomic mass is 9.85. The number of fused-ring (bicyclic) bond motifs is 2. The first-order chi connectivity index (χ1) is 10.0. The van der Waals surface area contributed by atoms with Crippen LogP contribution in [0.25, 0.3) is 10.9 Å². The highest BCUT2D eigenvalue weighted by Crippen LogP contribution is 2.64. The largest absolute Gasteiger partial charge is 0.385 e. The maximum atomic E-state index is 11.7. The van der Waals surface area contributed by atoms with Crippen molar-refractivity contribution < 1.29 is 9.90 Å². The summed E-state index contributed by atoms with van der Waals surface area (Å²) in [7, 11) is 1.66. The zero-order chi connectivity index (χ0) is 14.8. The summed E-state index contributed by atoms with van der Waals surface area (Å²) in [5.74, 6) is 0.702. The predicted molar refractivity (Wildman–Crippen MR) is 78.8 cm³/mol. The maximum Gasteiger partial charge on any atom is 0.223 e. The van der Waals surface area contributed by atoms with Gasteiger partial charge in [-0.15, -0.1) is 0 Å². The number of carbonyl (C=O) groups is 1. The lowest BCUT2D eigenvalue weighted by Crippen LogP contribution is -2.29. The van der Waals surface area contributed by atoms with Crippen molar-refractivity contribution in [3.05, 3.63) is 28.9 Å². The second-order valence-electron chi connectivity index (χ2n) is 6.19. The Morgan fingerprint density at radius 3 is 2.86 bits per heavy atom. The lowest BCUT2D eigenvalue weighted by Gasteiger charge is -2.27. The van der Waals surface area contributed by atoms with Gasteiger partial charge >= 0.3 is 0 Å². The molecule has 0 saturated heterocycles. The number of aromatic amines is 1. The molecule has 21 heavy (non-hydrogen) atoms. The average molecular weight is 306 g/mol. The number of halogens is 1. The molecule has 5 nitrogen and oxygen atoms in total. The molecule has 1 aromatic heterocycles. The SMILES string of the molecule is CNC(=O)[C@H]1[C@@H]2C[C@](O)(c3cc(Cl)cc4[nH]ncc34)C[C@@H]21. The first-order valence-corrected chi connectivity index (χ1v) is 7.48. The Kier molecular flexibility index (Phi) is 2.63. The summed E-state index contributed by atoms with van der Waals surface area (Å²) in [6, 6.07) is 3.62. The first-order valence-electron chi connectivity index (χ1n) is 7.10. The second kappa shape index (κ2) is 4.21. The van der Waals surface area contributed by atoms with Crippen LogP contribution in [0.3, 0.4) is 0 Å². The van der Waals surface area contributed by atoms with Crippen LogP contribution in [-0.2, 0) is 10.4 Å². The van der Waals surface area contributed by atoms with Crippen LogP contribution in [0.4, 0.5) is 0 Å². The molecule has 0 radical (unpaired) electrons. The van der Waals surface area contributed by atoms with Crippen LogP contribution in [0.1, 0.15) is 18.4 Å². The summed E-state index contributed by atoms with van der Waals surface area (Å²) >= 11 is 6.15. The summed E-state index contributed by atoms with van der Waals surface area (Å²) in [4.78, 5) is 11.7. The van der Waals surface area contributed by atoms with Crippen molar-refractivity contribution in [2.75, 3.05) is 7.05 Å². The molecule has 6 heteroatoms. The number of amides is 1. The van der Waals surface area contributed by atoms with E-state index in [2.05, 4.69) is 15.5 Å². The number of rotatable bonds is 2. The fourth-order valence-corrected chi connectivity index (χ4v) is 4.26. The van der Waals surface area contributed by atoms with E-state index in [1.54, 1.807) is 19.3 Å². The zero-order valence-electron chi connectivity index (χ0n) is 11.6.